The van der Waals surface area contributed by atoms with Crippen LogP contribution in [0, 0.1) is 0 Å². The molecule has 0 radical (unpaired) electrons. The molecule has 0 unspecified atom stereocenters. The molecule has 0 aromatic heterocycles. The van der Waals surface area contributed by atoms with Gasteiger partial charge in [-0.25, -0.2) is 0 Å². The zero-order valence-electron chi connectivity index (χ0n) is 11.8. The number of hydrogen-bond donors (Lipinski definition) is 1. The molecule has 1 aromatic carbocycles. The first-order chi connectivity index (χ1) is 8.42. The maximum absolute atomic E-state index is 5.38. The van der Waals surface area contributed by atoms with Gasteiger partial charge in [0, 0.05) is 10.0 Å². The van der Waals surface area contributed by atoms with Gasteiger partial charge in [0.15, 0.2) is 0 Å². The predicted molar refractivity (Wildman–Crippen MR) is 81.4 cm³/mol. The molecule has 1 N–H and O–H groups in total. The van der Waals surface area contributed by atoms with Crippen LogP contribution in [0.4, 0.5) is 0 Å². The Morgan fingerprint density at radius 1 is 1.22 bits per heavy atom. The van der Waals surface area contributed by atoms with Crippen molar-refractivity contribution in [1.29, 1.82) is 0 Å². The van der Waals surface area contributed by atoms with Crippen LogP contribution in [0.5, 0.6) is 5.75 Å². The Bertz CT molecular complexity index is 371. The van der Waals surface area contributed by atoms with Crippen LogP contribution in [-0.2, 0) is 6.42 Å². The van der Waals surface area contributed by atoms with Crippen molar-refractivity contribution in [2.24, 2.45) is 0 Å². The summed E-state index contributed by atoms with van der Waals surface area (Å²) in [6, 6.07) is 6.19. The maximum atomic E-state index is 5.38. The maximum Gasteiger partial charge on any atom is 0.122 e. The highest BCUT2D eigenvalue weighted by Gasteiger charge is 2.08. The molecule has 1 rings (SSSR count). The summed E-state index contributed by atoms with van der Waals surface area (Å²) < 4.78 is 6.49. The molecule has 0 heterocycles. The minimum atomic E-state index is 0.216. The Labute approximate surface area is 119 Å². The minimum absolute atomic E-state index is 0.216. The van der Waals surface area contributed by atoms with Crippen LogP contribution >= 0.6 is 15.9 Å². The molecule has 0 atom stereocenters. The van der Waals surface area contributed by atoms with Crippen molar-refractivity contribution in [3.63, 3.8) is 0 Å². The molecule has 0 aliphatic heterocycles. The first kappa shape index (κ1) is 15.5. The second-order valence-electron chi connectivity index (χ2n) is 5.59. The van der Waals surface area contributed by atoms with Gasteiger partial charge >= 0.3 is 0 Å². The van der Waals surface area contributed by atoms with E-state index in [1.165, 1.54) is 18.4 Å². The van der Waals surface area contributed by atoms with Crippen LogP contribution in [0.2, 0.25) is 0 Å². The summed E-state index contributed by atoms with van der Waals surface area (Å²) in [5.74, 6) is 0.988. The molecule has 0 saturated carbocycles. The highest BCUT2D eigenvalue weighted by Crippen LogP contribution is 2.24. The molecule has 0 spiro atoms. The van der Waals surface area contributed by atoms with Crippen molar-refractivity contribution >= 4 is 15.9 Å². The van der Waals surface area contributed by atoms with E-state index in [1.54, 1.807) is 7.11 Å². The number of unbranched alkanes of at least 4 members (excludes halogenated alkanes) is 1. The van der Waals surface area contributed by atoms with Gasteiger partial charge in [0.1, 0.15) is 5.75 Å². The number of methoxy groups -OCH3 is 1. The van der Waals surface area contributed by atoms with Gasteiger partial charge in [-0.1, -0.05) is 15.9 Å². The van der Waals surface area contributed by atoms with Gasteiger partial charge in [0.2, 0.25) is 0 Å². The van der Waals surface area contributed by atoms with Gasteiger partial charge in [-0.3, -0.25) is 0 Å². The van der Waals surface area contributed by atoms with Crippen LogP contribution in [0.25, 0.3) is 0 Å². The van der Waals surface area contributed by atoms with Crippen molar-refractivity contribution < 1.29 is 4.74 Å². The van der Waals surface area contributed by atoms with E-state index in [9.17, 15) is 0 Å². The zero-order chi connectivity index (χ0) is 13.6. The molecule has 0 saturated heterocycles. The molecular weight excluding hydrogens is 290 g/mol. The summed E-state index contributed by atoms with van der Waals surface area (Å²) in [6.07, 6.45) is 3.43. The van der Waals surface area contributed by atoms with Crippen molar-refractivity contribution in [3.8, 4) is 5.75 Å². The second kappa shape index (κ2) is 7.15. The fourth-order valence-corrected chi connectivity index (χ4v) is 2.25. The van der Waals surface area contributed by atoms with Gasteiger partial charge in [0.25, 0.3) is 0 Å². The van der Waals surface area contributed by atoms with Gasteiger partial charge in [-0.05, 0) is 70.3 Å². The third-order valence-corrected chi connectivity index (χ3v) is 3.26. The summed E-state index contributed by atoms with van der Waals surface area (Å²) in [5.41, 5.74) is 1.50. The Hall–Kier alpha value is -0.540. The van der Waals surface area contributed by atoms with E-state index < -0.39 is 0 Å². The summed E-state index contributed by atoms with van der Waals surface area (Å²) in [6.45, 7) is 7.67. The monoisotopic (exact) mass is 313 g/mol. The van der Waals surface area contributed by atoms with Gasteiger partial charge < -0.3 is 10.1 Å². The number of nitrogens with one attached hydrogen (secondary N) is 1. The second-order valence-corrected chi connectivity index (χ2v) is 6.51. The van der Waals surface area contributed by atoms with E-state index in [2.05, 4.69) is 48.1 Å². The van der Waals surface area contributed by atoms with E-state index in [4.69, 9.17) is 4.74 Å². The molecule has 0 amide bonds. The number of hydrogen-bond acceptors (Lipinski definition) is 2. The lowest BCUT2D eigenvalue weighted by atomic mass is 10.1. The summed E-state index contributed by atoms with van der Waals surface area (Å²) in [7, 11) is 1.73. The normalized spacial score (nSPS) is 11.6. The number of rotatable bonds is 6. The summed E-state index contributed by atoms with van der Waals surface area (Å²) in [4.78, 5) is 0. The number of ether oxygens (including phenoxy) is 1. The van der Waals surface area contributed by atoms with Crippen molar-refractivity contribution in [3.05, 3.63) is 28.2 Å². The van der Waals surface area contributed by atoms with Crippen molar-refractivity contribution in [2.75, 3.05) is 13.7 Å². The van der Waals surface area contributed by atoms with Crippen LogP contribution < -0.4 is 10.1 Å². The quantitative estimate of drug-likeness (QED) is 0.796. The lowest BCUT2D eigenvalue weighted by molar-refractivity contribution is 0.405. The van der Waals surface area contributed by atoms with Crippen molar-refractivity contribution in [2.45, 2.75) is 45.6 Å². The molecule has 1 aromatic rings. The fourth-order valence-electron chi connectivity index (χ4n) is 1.85. The molecule has 18 heavy (non-hydrogen) atoms. The molecule has 3 heteroatoms. The number of aryl methyl sites for hydroxylation is 1. The predicted octanol–water partition coefficient (Wildman–Crippen LogP) is 4.17. The zero-order valence-corrected chi connectivity index (χ0v) is 13.4. The largest absolute Gasteiger partial charge is 0.496 e. The molecule has 0 fully saturated rings. The molecule has 0 bridgehead atoms. The van der Waals surface area contributed by atoms with E-state index in [-0.39, 0.29) is 5.54 Å². The smallest absolute Gasteiger partial charge is 0.122 e. The standard InChI is InChI=1S/C15H24BrNO/c1-15(2,3)17-10-6-5-7-12-11-13(16)8-9-14(12)18-4/h8-9,11,17H,5-7,10H2,1-4H3. The highest BCUT2D eigenvalue weighted by molar-refractivity contribution is 9.10. The van der Waals surface area contributed by atoms with Crippen LogP contribution in [0.15, 0.2) is 22.7 Å². The van der Waals surface area contributed by atoms with E-state index in [0.717, 1.165) is 23.2 Å². The van der Waals surface area contributed by atoms with E-state index >= 15 is 0 Å². The molecule has 102 valence electrons. The van der Waals surface area contributed by atoms with Gasteiger partial charge in [-0.15, -0.1) is 0 Å². The summed E-state index contributed by atoms with van der Waals surface area (Å²) in [5, 5.41) is 3.51. The average molecular weight is 314 g/mol. The molecular formula is C15H24BrNO. The Balaban J connectivity index is 2.37. The lowest BCUT2D eigenvalue weighted by Crippen LogP contribution is -2.36. The third-order valence-electron chi connectivity index (χ3n) is 2.77. The van der Waals surface area contributed by atoms with E-state index in [0.29, 0.717) is 0 Å². The van der Waals surface area contributed by atoms with Crippen molar-refractivity contribution in [1.82, 2.24) is 5.32 Å². The van der Waals surface area contributed by atoms with Crippen LogP contribution in [-0.4, -0.2) is 19.2 Å². The molecule has 2 nitrogen and oxygen atoms in total. The van der Waals surface area contributed by atoms with Gasteiger partial charge in [-0.2, -0.15) is 0 Å². The van der Waals surface area contributed by atoms with Crippen LogP contribution in [0.3, 0.4) is 0 Å². The average Bonchev–Trinajstić information content (AvgIpc) is 2.27. The summed E-state index contributed by atoms with van der Waals surface area (Å²) >= 11 is 3.51. The highest BCUT2D eigenvalue weighted by atomic mass is 79.9. The number of benzene rings is 1. The minimum Gasteiger partial charge on any atom is -0.496 e. The Morgan fingerprint density at radius 2 is 1.94 bits per heavy atom. The Morgan fingerprint density at radius 3 is 2.56 bits per heavy atom. The van der Waals surface area contributed by atoms with Crippen LogP contribution in [0.1, 0.15) is 39.2 Å². The SMILES string of the molecule is COc1ccc(Br)cc1CCCCNC(C)(C)C. The lowest BCUT2D eigenvalue weighted by Gasteiger charge is -2.20. The first-order valence-corrected chi connectivity index (χ1v) is 7.29. The number of halogens is 1. The first-order valence-electron chi connectivity index (χ1n) is 6.50. The van der Waals surface area contributed by atoms with Gasteiger partial charge in [0.05, 0.1) is 7.11 Å². The fraction of sp³-hybridized carbons (Fsp3) is 0.600. The Kier molecular flexibility index (Phi) is 6.16. The molecule has 0 aliphatic rings. The van der Waals surface area contributed by atoms with E-state index in [1.807, 2.05) is 12.1 Å². The topological polar surface area (TPSA) is 21.3 Å². The molecule has 0 aliphatic carbocycles. The third kappa shape index (κ3) is 5.87.